The van der Waals surface area contributed by atoms with Crippen molar-refractivity contribution in [1.29, 1.82) is 0 Å². The molecule has 0 radical (unpaired) electrons. The predicted octanol–water partition coefficient (Wildman–Crippen LogP) is 3.32. The Hall–Kier alpha value is -1.73. The summed E-state index contributed by atoms with van der Waals surface area (Å²) in [4.78, 5) is 28.3. The van der Waals surface area contributed by atoms with Crippen LogP contribution >= 0.6 is 22.9 Å². The number of rotatable bonds is 5. The summed E-state index contributed by atoms with van der Waals surface area (Å²) in [6, 6.07) is 0. The van der Waals surface area contributed by atoms with Crippen molar-refractivity contribution in [3.05, 3.63) is 29.2 Å². The minimum Gasteiger partial charge on any atom is -0.343 e. The molecule has 1 amide bonds. The van der Waals surface area contributed by atoms with Crippen LogP contribution in [-0.2, 0) is 4.79 Å². The number of halogens is 1. The van der Waals surface area contributed by atoms with Gasteiger partial charge in [-0.2, -0.15) is 0 Å². The van der Waals surface area contributed by atoms with E-state index in [0.717, 1.165) is 47.5 Å². The minimum atomic E-state index is 0.138. The number of hydrogen-bond donors (Lipinski definition) is 1. The highest BCUT2D eigenvalue weighted by Crippen LogP contribution is 2.32. The van der Waals surface area contributed by atoms with Crippen LogP contribution in [0, 0.1) is 6.92 Å². The van der Waals surface area contributed by atoms with Crippen LogP contribution < -0.4 is 5.32 Å². The molecule has 0 aromatic carbocycles. The van der Waals surface area contributed by atoms with E-state index < -0.39 is 0 Å². The molecule has 1 N–H and O–H groups in total. The molecule has 1 fully saturated rings. The number of amides is 1. The molecule has 0 aliphatic carbocycles. The summed E-state index contributed by atoms with van der Waals surface area (Å²) in [5.41, 5.74) is 0.954. The van der Waals surface area contributed by atoms with Gasteiger partial charge in [-0.05, 0) is 19.8 Å². The topological polar surface area (TPSA) is 71.0 Å². The highest BCUT2D eigenvalue weighted by molar-refractivity contribution is 7.15. The molecule has 6 nitrogen and oxygen atoms in total. The van der Waals surface area contributed by atoms with Crippen LogP contribution in [0.15, 0.2) is 18.6 Å². The number of nitrogens with zero attached hydrogens (tertiary/aromatic N) is 4. The molecule has 0 unspecified atom stereocenters. The molecule has 3 rings (SSSR count). The summed E-state index contributed by atoms with van der Waals surface area (Å²) in [7, 11) is 0. The number of hydrogen-bond acceptors (Lipinski definition) is 6. The third-order valence-electron chi connectivity index (χ3n) is 4.12. The maximum atomic E-state index is 11.9. The molecule has 3 heterocycles. The van der Waals surface area contributed by atoms with Gasteiger partial charge in [-0.3, -0.25) is 9.78 Å². The minimum absolute atomic E-state index is 0.138. The normalized spacial score (nSPS) is 15.5. The number of piperidine rings is 1. The third kappa shape index (κ3) is 4.02. The van der Waals surface area contributed by atoms with E-state index in [1.54, 1.807) is 23.7 Å². The van der Waals surface area contributed by atoms with E-state index in [1.165, 1.54) is 0 Å². The Balaban J connectivity index is 1.68. The number of nitrogens with one attached hydrogen (secondary N) is 1. The Bertz CT molecular complexity index is 699. The van der Waals surface area contributed by atoms with E-state index in [2.05, 4.69) is 20.3 Å². The molecule has 24 heavy (non-hydrogen) atoms. The second kappa shape index (κ2) is 7.90. The number of likely N-dealkylation sites (tertiary alicyclic amines) is 1. The lowest BCUT2D eigenvalue weighted by Crippen LogP contribution is -2.38. The smallest absolute Gasteiger partial charge is 0.223 e. The van der Waals surface area contributed by atoms with Crippen LogP contribution in [0.2, 0.25) is 0 Å². The quantitative estimate of drug-likeness (QED) is 0.823. The van der Waals surface area contributed by atoms with Crippen molar-refractivity contribution in [2.24, 2.45) is 0 Å². The van der Waals surface area contributed by atoms with Crippen molar-refractivity contribution in [3.63, 3.8) is 0 Å². The van der Waals surface area contributed by atoms with Crippen molar-refractivity contribution >= 4 is 39.8 Å². The summed E-state index contributed by atoms with van der Waals surface area (Å²) >= 11 is 7.25. The van der Waals surface area contributed by atoms with E-state index in [4.69, 9.17) is 11.6 Å². The maximum Gasteiger partial charge on any atom is 0.223 e. The molecular formula is C16H20ClN5OS. The second-order valence-corrected chi connectivity index (χ2v) is 7.40. The molecule has 0 bridgehead atoms. The predicted molar refractivity (Wildman–Crippen MR) is 96.1 cm³/mol. The van der Waals surface area contributed by atoms with Crippen LogP contribution in [0.4, 0.5) is 10.9 Å². The van der Waals surface area contributed by atoms with Crippen LogP contribution in [-0.4, -0.2) is 44.7 Å². The molecule has 128 valence electrons. The molecule has 8 heteroatoms. The molecule has 0 saturated carbocycles. The number of thiazole rings is 1. The molecule has 1 saturated heterocycles. The average molecular weight is 366 g/mol. The Morgan fingerprint density at radius 3 is 2.75 bits per heavy atom. The van der Waals surface area contributed by atoms with Crippen LogP contribution in [0.25, 0.3) is 0 Å². The van der Waals surface area contributed by atoms with Gasteiger partial charge < -0.3 is 10.2 Å². The first-order valence-corrected chi connectivity index (χ1v) is 9.36. The fraction of sp³-hybridized carbons (Fsp3) is 0.500. The molecule has 1 aliphatic rings. The highest BCUT2D eigenvalue weighted by Gasteiger charge is 2.26. The van der Waals surface area contributed by atoms with E-state index in [0.29, 0.717) is 18.2 Å². The van der Waals surface area contributed by atoms with E-state index in [9.17, 15) is 4.79 Å². The number of carbonyl (C=O) groups excluding carboxylic acids is 1. The largest absolute Gasteiger partial charge is 0.343 e. The van der Waals surface area contributed by atoms with E-state index >= 15 is 0 Å². The SMILES string of the molecule is Cc1cnc(Nc2nccnc2C2CCN(C(=O)CCCl)CC2)s1. The van der Waals surface area contributed by atoms with Gasteiger partial charge in [0.25, 0.3) is 0 Å². The maximum absolute atomic E-state index is 11.9. The average Bonchev–Trinajstić information content (AvgIpc) is 3.01. The van der Waals surface area contributed by atoms with Crippen LogP contribution in [0.3, 0.4) is 0 Å². The fourth-order valence-electron chi connectivity index (χ4n) is 2.90. The Labute approximate surface area is 150 Å². The first-order valence-electron chi connectivity index (χ1n) is 8.01. The summed E-state index contributed by atoms with van der Waals surface area (Å²) in [6.45, 7) is 3.51. The summed E-state index contributed by atoms with van der Waals surface area (Å²) < 4.78 is 0. The summed E-state index contributed by atoms with van der Waals surface area (Å²) in [5.74, 6) is 1.57. The Morgan fingerprint density at radius 1 is 1.33 bits per heavy atom. The Morgan fingerprint density at radius 2 is 2.08 bits per heavy atom. The zero-order chi connectivity index (χ0) is 16.9. The molecule has 1 aliphatic heterocycles. The molecule has 0 atom stereocenters. The van der Waals surface area contributed by atoms with Crippen molar-refractivity contribution in [1.82, 2.24) is 19.9 Å². The van der Waals surface area contributed by atoms with Crippen molar-refractivity contribution in [2.45, 2.75) is 32.1 Å². The lowest BCUT2D eigenvalue weighted by molar-refractivity contribution is -0.131. The van der Waals surface area contributed by atoms with Crippen molar-refractivity contribution in [3.8, 4) is 0 Å². The zero-order valence-corrected chi connectivity index (χ0v) is 15.1. The molecule has 2 aromatic heterocycles. The lowest BCUT2D eigenvalue weighted by Gasteiger charge is -2.32. The van der Waals surface area contributed by atoms with Gasteiger partial charge in [-0.25, -0.2) is 9.97 Å². The lowest BCUT2D eigenvalue weighted by atomic mass is 9.93. The van der Waals surface area contributed by atoms with Crippen molar-refractivity contribution < 1.29 is 4.79 Å². The molecule has 2 aromatic rings. The van der Waals surface area contributed by atoms with Gasteiger partial charge in [-0.15, -0.1) is 22.9 Å². The summed E-state index contributed by atoms with van der Waals surface area (Å²) in [5, 5.41) is 4.10. The highest BCUT2D eigenvalue weighted by atomic mass is 35.5. The van der Waals surface area contributed by atoms with Gasteiger partial charge in [0.05, 0.1) is 5.69 Å². The first-order chi connectivity index (χ1) is 11.7. The van der Waals surface area contributed by atoms with Gasteiger partial charge in [0.15, 0.2) is 10.9 Å². The summed E-state index contributed by atoms with van der Waals surface area (Å²) in [6.07, 6.45) is 7.43. The third-order valence-corrected chi connectivity index (χ3v) is 5.13. The number of anilines is 2. The number of carbonyl (C=O) groups is 1. The van der Waals surface area contributed by atoms with Gasteiger partial charge in [0, 0.05) is 54.8 Å². The standard InChI is InChI=1S/C16H20ClN5OS/c1-11-10-20-16(24-11)21-15-14(18-6-7-19-15)12-3-8-22(9-4-12)13(23)2-5-17/h6-7,10,12H,2-5,8-9H2,1H3,(H,19,20,21). The van der Waals surface area contributed by atoms with E-state index in [-0.39, 0.29) is 5.91 Å². The van der Waals surface area contributed by atoms with Gasteiger partial charge in [0.1, 0.15) is 0 Å². The van der Waals surface area contributed by atoms with Crippen LogP contribution in [0.5, 0.6) is 0 Å². The van der Waals surface area contributed by atoms with E-state index in [1.807, 2.05) is 18.0 Å². The van der Waals surface area contributed by atoms with Gasteiger partial charge in [0.2, 0.25) is 5.91 Å². The number of alkyl halides is 1. The number of aromatic nitrogens is 3. The number of aryl methyl sites for hydroxylation is 1. The van der Waals surface area contributed by atoms with Gasteiger partial charge in [-0.1, -0.05) is 0 Å². The second-order valence-electron chi connectivity index (χ2n) is 5.79. The first kappa shape index (κ1) is 17.1. The molecule has 0 spiro atoms. The zero-order valence-electron chi connectivity index (χ0n) is 13.5. The fourth-order valence-corrected chi connectivity index (χ4v) is 3.72. The van der Waals surface area contributed by atoms with Gasteiger partial charge >= 0.3 is 0 Å². The van der Waals surface area contributed by atoms with Crippen LogP contribution in [0.1, 0.15) is 35.8 Å². The van der Waals surface area contributed by atoms with Crippen molar-refractivity contribution in [2.75, 3.05) is 24.3 Å². The Kier molecular flexibility index (Phi) is 5.63. The molecular weight excluding hydrogens is 346 g/mol. The monoisotopic (exact) mass is 365 g/mol.